The predicted molar refractivity (Wildman–Crippen MR) is 105 cm³/mol. The molecule has 7 nitrogen and oxygen atoms in total. The maximum atomic E-state index is 12.7. The van der Waals surface area contributed by atoms with E-state index in [-0.39, 0.29) is 19.1 Å². The fourth-order valence-electron chi connectivity index (χ4n) is 3.48. The van der Waals surface area contributed by atoms with Gasteiger partial charge in [0.15, 0.2) is 0 Å². The van der Waals surface area contributed by atoms with Crippen molar-refractivity contribution in [1.82, 2.24) is 15.5 Å². The number of esters is 1. The molecule has 0 aromatic heterocycles. The molecule has 2 aliphatic heterocycles. The number of hydrogen-bond acceptors (Lipinski definition) is 4. The number of benzene rings is 2. The zero-order valence-electron chi connectivity index (χ0n) is 16.0. The van der Waals surface area contributed by atoms with Crippen LogP contribution in [0.15, 0.2) is 65.9 Å². The van der Waals surface area contributed by atoms with Gasteiger partial charge in [0, 0.05) is 6.54 Å². The predicted octanol–water partition coefficient (Wildman–Crippen LogP) is 2.19. The summed E-state index contributed by atoms with van der Waals surface area (Å²) in [6, 6.07) is 16.1. The van der Waals surface area contributed by atoms with Crippen LogP contribution < -0.4 is 10.6 Å². The molecule has 2 N–H and O–H groups in total. The molecule has 0 fully saturated rings. The van der Waals surface area contributed by atoms with Crippen LogP contribution in [0.5, 0.6) is 0 Å². The van der Waals surface area contributed by atoms with Crippen molar-refractivity contribution in [3.05, 3.63) is 82.6 Å². The molecule has 1 atom stereocenters. The molecule has 0 radical (unpaired) electrons. The van der Waals surface area contributed by atoms with Crippen molar-refractivity contribution >= 4 is 17.9 Å². The minimum atomic E-state index is -0.586. The molecular formula is C22H21N3O4. The van der Waals surface area contributed by atoms with E-state index in [9.17, 15) is 14.4 Å². The van der Waals surface area contributed by atoms with Crippen molar-refractivity contribution in [1.29, 1.82) is 0 Å². The molecule has 29 heavy (non-hydrogen) atoms. The van der Waals surface area contributed by atoms with Gasteiger partial charge in [-0.25, -0.2) is 9.59 Å². The second-order valence-electron chi connectivity index (χ2n) is 7.08. The number of amides is 3. The van der Waals surface area contributed by atoms with Crippen molar-refractivity contribution in [3.8, 4) is 0 Å². The lowest BCUT2D eigenvalue weighted by atomic mass is 9.95. The van der Waals surface area contributed by atoms with Gasteiger partial charge < -0.3 is 15.4 Å². The van der Waals surface area contributed by atoms with Crippen LogP contribution in [0.1, 0.15) is 22.7 Å². The minimum Gasteiger partial charge on any atom is -0.456 e. The van der Waals surface area contributed by atoms with Crippen LogP contribution in [0.3, 0.4) is 0 Å². The van der Waals surface area contributed by atoms with Crippen LogP contribution in [0, 0.1) is 6.92 Å². The average molecular weight is 391 g/mol. The summed E-state index contributed by atoms with van der Waals surface area (Å²) in [4.78, 5) is 38.8. The Morgan fingerprint density at radius 2 is 1.86 bits per heavy atom. The van der Waals surface area contributed by atoms with Crippen LogP contribution in [-0.2, 0) is 20.9 Å². The molecule has 0 spiro atoms. The molecule has 0 saturated heterocycles. The van der Waals surface area contributed by atoms with Crippen LogP contribution in [-0.4, -0.2) is 36.0 Å². The van der Waals surface area contributed by atoms with Gasteiger partial charge in [-0.05, 0) is 18.1 Å². The topological polar surface area (TPSA) is 87.7 Å². The molecule has 7 heteroatoms. The van der Waals surface area contributed by atoms with Crippen LogP contribution >= 0.6 is 0 Å². The zero-order valence-corrected chi connectivity index (χ0v) is 16.0. The van der Waals surface area contributed by atoms with Gasteiger partial charge in [0.25, 0.3) is 0 Å². The lowest BCUT2D eigenvalue weighted by Crippen LogP contribution is -2.50. The van der Waals surface area contributed by atoms with Gasteiger partial charge in [-0.3, -0.25) is 9.69 Å². The van der Waals surface area contributed by atoms with Gasteiger partial charge in [-0.2, -0.15) is 0 Å². The quantitative estimate of drug-likeness (QED) is 0.765. The average Bonchev–Trinajstić information content (AvgIpc) is 3.11. The lowest BCUT2D eigenvalue weighted by molar-refractivity contribution is -0.136. The van der Waals surface area contributed by atoms with E-state index in [1.54, 1.807) is 0 Å². The number of ether oxygens (including phenoxy) is 1. The van der Waals surface area contributed by atoms with Crippen molar-refractivity contribution < 1.29 is 19.1 Å². The molecule has 0 bridgehead atoms. The fourth-order valence-corrected chi connectivity index (χ4v) is 3.48. The number of hydrogen-bond donors (Lipinski definition) is 2. The highest BCUT2D eigenvalue weighted by Crippen LogP contribution is 2.34. The smallest absolute Gasteiger partial charge is 0.338 e. The van der Waals surface area contributed by atoms with E-state index >= 15 is 0 Å². The molecule has 2 aromatic carbocycles. The Balaban J connectivity index is 1.53. The fraction of sp³-hybridized carbons (Fsp3) is 0.227. The number of urea groups is 1. The van der Waals surface area contributed by atoms with Gasteiger partial charge in [0.1, 0.15) is 13.2 Å². The first-order valence-electron chi connectivity index (χ1n) is 9.38. The lowest BCUT2D eigenvalue weighted by Gasteiger charge is -2.32. The van der Waals surface area contributed by atoms with Crippen molar-refractivity contribution in [3.63, 3.8) is 0 Å². The Kier molecular flexibility index (Phi) is 5.03. The first-order valence-corrected chi connectivity index (χ1v) is 9.38. The summed E-state index contributed by atoms with van der Waals surface area (Å²) < 4.78 is 5.19. The van der Waals surface area contributed by atoms with Gasteiger partial charge in [-0.15, -0.1) is 0 Å². The molecule has 2 aliphatic rings. The number of nitrogens with zero attached hydrogens (tertiary/aromatic N) is 1. The van der Waals surface area contributed by atoms with E-state index in [0.29, 0.717) is 17.8 Å². The third-order valence-corrected chi connectivity index (χ3v) is 5.04. The standard InChI is InChI=1S/C22H21N3O4/c1-14-7-9-16(10-8-14)20-19-17(13-29-21(19)27)25(22(28)24-20)12-18(26)23-11-15-5-3-2-4-6-15/h2-10,20H,11-13H2,1H3,(H,23,26)(H,24,28)/t20-/m1/s1. The number of aryl methyl sites for hydroxylation is 1. The number of cyclic esters (lactones) is 1. The Labute approximate surface area is 168 Å². The molecule has 0 saturated carbocycles. The van der Waals surface area contributed by atoms with E-state index in [1.807, 2.05) is 61.5 Å². The van der Waals surface area contributed by atoms with Crippen molar-refractivity contribution in [2.24, 2.45) is 0 Å². The van der Waals surface area contributed by atoms with E-state index in [0.717, 1.165) is 16.7 Å². The van der Waals surface area contributed by atoms with E-state index in [1.165, 1.54) is 4.90 Å². The highest BCUT2D eigenvalue weighted by atomic mass is 16.5. The molecule has 148 valence electrons. The summed E-state index contributed by atoms with van der Waals surface area (Å²) in [6.07, 6.45) is 0. The largest absolute Gasteiger partial charge is 0.456 e. The van der Waals surface area contributed by atoms with E-state index in [4.69, 9.17) is 4.74 Å². The third kappa shape index (κ3) is 3.85. The SMILES string of the molecule is Cc1ccc([C@H]2NC(=O)N(CC(=O)NCc3ccccc3)C3=C2C(=O)OC3)cc1. The molecule has 2 heterocycles. The highest BCUT2D eigenvalue weighted by Gasteiger charge is 2.42. The Hall–Kier alpha value is -3.61. The summed E-state index contributed by atoms with van der Waals surface area (Å²) >= 11 is 0. The van der Waals surface area contributed by atoms with E-state index < -0.39 is 18.0 Å². The normalized spacial score (nSPS) is 18.2. The molecule has 0 unspecified atom stereocenters. The molecular weight excluding hydrogens is 370 g/mol. The summed E-state index contributed by atoms with van der Waals surface area (Å²) in [5, 5.41) is 5.63. The minimum absolute atomic E-state index is 0.0179. The Morgan fingerprint density at radius 1 is 1.14 bits per heavy atom. The zero-order chi connectivity index (χ0) is 20.4. The van der Waals surface area contributed by atoms with Crippen LogP contribution in [0.25, 0.3) is 0 Å². The summed E-state index contributed by atoms with van der Waals surface area (Å²) in [5.74, 6) is -0.788. The number of carbonyl (C=O) groups excluding carboxylic acids is 3. The number of carbonyl (C=O) groups is 3. The highest BCUT2D eigenvalue weighted by molar-refractivity contribution is 5.98. The van der Waals surface area contributed by atoms with Crippen molar-refractivity contribution in [2.75, 3.05) is 13.2 Å². The van der Waals surface area contributed by atoms with Crippen LogP contribution in [0.2, 0.25) is 0 Å². The van der Waals surface area contributed by atoms with Gasteiger partial charge >= 0.3 is 12.0 Å². The molecule has 2 aromatic rings. The maximum Gasteiger partial charge on any atom is 0.338 e. The van der Waals surface area contributed by atoms with Gasteiger partial charge in [-0.1, -0.05) is 60.2 Å². The Morgan fingerprint density at radius 3 is 2.59 bits per heavy atom. The first kappa shape index (κ1) is 18.7. The van der Waals surface area contributed by atoms with E-state index in [2.05, 4.69) is 10.6 Å². The van der Waals surface area contributed by atoms with Gasteiger partial charge in [0.05, 0.1) is 17.3 Å². The monoisotopic (exact) mass is 391 g/mol. The summed E-state index contributed by atoms with van der Waals surface area (Å²) in [5.41, 5.74) is 3.66. The number of rotatable bonds is 5. The second kappa shape index (κ2) is 7.79. The molecule has 3 amide bonds. The molecule has 0 aliphatic carbocycles. The summed E-state index contributed by atoms with van der Waals surface area (Å²) in [6.45, 7) is 2.13. The number of nitrogens with one attached hydrogen (secondary N) is 2. The second-order valence-corrected chi connectivity index (χ2v) is 7.08. The summed E-state index contributed by atoms with van der Waals surface area (Å²) in [7, 11) is 0. The van der Waals surface area contributed by atoms with Crippen molar-refractivity contribution in [2.45, 2.75) is 19.5 Å². The van der Waals surface area contributed by atoms with Crippen LogP contribution in [0.4, 0.5) is 4.79 Å². The third-order valence-electron chi connectivity index (χ3n) is 5.04. The van der Waals surface area contributed by atoms with Gasteiger partial charge in [0.2, 0.25) is 5.91 Å². The maximum absolute atomic E-state index is 12.7. The first-order chi connectivity index (χ1) is 14.0. The Bertz CT molecular complexity index is 983. The molecule has 4 rings (SSSR count).